The van der Waals surface area contributed by atoms with Crippen LogP contribution in [0, 0.1) is 0 Å². The highest BCUT2D eigenvalue weighted by Crippen LogP contribution is 2.21. The number of nitrogens with one attached hydrogen (secondary N) is 1. The van der Waals surface area contributed by atoms with Crippen molar-refractivity contribution in [2.75, 3.05) is 0 Å². The van der Waals surface area contributed by atoms with Gasteiger partial charge in [0.15, 0.2) is 5.69 Å². The van der Waals surface area contributed by atoms with Crippen molar-refractivity contribution in [1.29, 1.82) is 0 Å². The number of rotatable bonds is 3. The summed E-state index contributed by atoms with van der Waals surface area (Å²) in [4.78, 5) is 24.2. The molecule has 1 unspecified atom stereocenters. The van der Waals surface area contributed by atoms with Gasteiger partial charge in [0.25, 0.3) is 5.91 Å². The van der Waals surface area contributed by atoms with Gasteiger partial charge < -0.3 is 14.5 Å². The molecule has 1 atom stereocenters. The van der Waals surface area contributed by atoms with Gasteiger partial charge in [0.05, 0.1) is 6.54 Å². The Hall–Kier alpha value is -3.49. The molecule has 0 radical (unpaired) electrons. The van der Waals surface area contributed by atoms with E-state index in [0.717, 1.165) is 0 Å². The molecule has 25 heavy (non-hydrogen) atoms. The van der Waals surface area contributed by atoms with Crippen molar-refractivity contribution in [2.24, 2.45) is 0 Å². The average molecular weight is 339 g/mol. The number of aromatic nitrogens is 4. The number of ether oxygens (including phenoxy) is 1. The zero-order valence-corrected chi connectivity index (χ0v) is 13.2. The Morgan fingerprint density at radius 3 is 2.88 bits per heavy atom. The normalized spacial score (nSPS) is 16.2. The molecule has 0 aliphatic carbocycles. The quantitative estimate of drug-likeness (QED) is 0.565. The number of nitrogens with zero attached hydrogens (tertiary/aromatic N) is 4. The van der Waals surface area contributed by atoms with Gasteiger partial charge in [-0.25, -0.2) is 4.79 Å². The van der Waals surface area contributed by atoms with Gasteiger partial charge >= 0.3 is 5.97 Å². The maximum absolute atomic E-state index is 12.3. The molecule has 2 aromatic heterocycles. The Labute approximate surface area is 141 Å². The molecular weight excluding hydrogens is 326 g/mol. The molecule has 0 saturated heterocycles. The van der Waals surface area contributed by atoms with E-state index >= 15 is 0 Å². The van der Waals surface area contributed by atoms with Gasteiger partial charge in [0, 0.05) is 17.7 Å². The highest BCUT2D eigenvalue weighted by atomic mass is 16.5. The molecule has 3 aromatic rings. The Morgan fingerprint density at radius 2 is 2.16 bits per heavy atom. The van der Waals surface area contributed by atoms with E-state index in [-0.39, 0.29) is 17.6 Å². The molecule has 1 aromatic carbocycles. The predicted octanol–water partition coefficient (Wildman–Crippen LogP) is 1.28. The molecule has 0 bridgehead atoms. The minimum absolute atomic E-state index is 0.0407. The maximum Gasteiger partial charge on any atom is 0.364 e. The smallest absolute Gasteiger partial charge is 0.364 e. The second-order valence-corrected chi connectivity index (χ2v) is 5.63. The highest BCUT2D eigenvalue weighted by Gasteiger charge is 2.26. The van der Waals surface area contributed by atoms with Crippen LogP contribution >= 0.6 is 0 Å². The van der Waals surface area contributed by atoms with Crippen molar-refractivity contribution in [1.82, 2.24) is 25.3 Å². The number of hydrogen-bond donors (Lipinski definition) is 1. The van der Waals surface area contributed by atoms with Crippen LogP contribution in [0.5, 0.6) is 5.75 Å². The molecule has 4 rings (SSSR count). The lowest BCUT2D eigenvalue weighted by atomic mass is 10.2. The van der Waals surface area contributed by atoms with Crippen molar-refractivity contribution in [2.45, 2.75) is 19.5 Å². The first-order valence-electron chi connectivity index (χ1n) is 7.57. The molecule has 3 heterocycles. The average Bonchev–Trinajstić information content (AvgIpc) is 3.25. The lowest BCUT2D eigenvalue weighted by Crippen LogP contribution is -2.42. The molecule has 126 valence electrons. The summed E-state index contributed by atoms with van der Waals surface area (Å²) in [6.45, 7) is 2.37. The van der Waals surface area contributed by atoms with E-state index in [1.165, 1.54) is 17.1 Å². The van der Waals surface area contributed by atoms with Crippen molar-refractivity contribution in [3.05, 3.63) is 48.1 Å². The van der Waals surface area contributed by atoms with Gasteiger partial charge in [-0.15, -0.1) is 10.2 Å². The van der Waals surface area contributed by atoms with Crippen LogP contribution < -0.4 is 10.1 Å². The fourth-order valence-corrected chi connectivity index (χ4v) is 2.56. The van der Waals surface area contributed by atoms with Crippen LogP contribution in [-0.2, 0) is 6.54 Å². The Morgan fingerprint density at radius 1 is 1.36 bits per heavy atom. The second kappa shape index (κ2) is 5.86. The van der Waals surface area contributed by atoms with Gasteiger partial charge in [-0.05, 0) is 31.2 Å². The molecule has 1 aliphatic rings. The van der Waals surface area contributed by atoms with E-state index in [1.807, 2.05) is 6.92 Å². The first kappa shape index (κ1) is 15.1. The Balaban J connectivity index is 1.51. The minimum atomic E-state index is -0.632. The van der Waals surface area contributed by atoms with E-state index in [1.54, 1.807) is 24.3 Å². The number of hydrogen-bond acceptors (Lipinski definition) is 7. The van der Waals surface area contributed by atoms with E-state index in [0.29, 0.717) is 29.4 Å². The fraction of sp³-hybridized carbons (Fsp3) is 0.188. The Kier molecular flexibility index (Phi) is 3.53. The first-order valence-corrected chi connectivity index (χ1v) is 7.57. The monoisotopic (exact) mass is 339 g/mol. The summed E-state index contributed by atoms with van der Waals surface area (Å²) < 4.78 is 11.9. The zero-order chi connectivity index (χ0) is 17.4. The van der Waals surface area contributed by atoms with Crippen LogP contribution in [-0.4, -0.2) is 37.9 Å². The zero-order valence-electron chi connectivity index (χ0n) is 13.2. The van der Waals surface area contributed by atoms with Crippen LogP contribution in [0.3, 0.4) is 0 Å². The van der Waals surface area contributed by atoms with E-state index < -0.39 is 5.97 Å². The number of carbonyl (C=O) groups is 2. The summed E-state index contributed by atoms with van der Waals surface area (Å²) >= 11 is 0. The third kappa shape index (κ3) is 2.87. The van der Waals surface area contributed by atoms with Crippen molar-refractivity contribution < 1.29 is 18.7 Å². The van der Waals surface area contributed by atoms with Crippen LogP contribution in [0.25, 0.3) is 11.5 Å². The molecule has 1 amide bonds. The third-order valence-corrected chi connectivity index (χ3v) is 3.72. The lowest BCUT2D eigenvalue weighted by Gasteiger charge is -2.20. The molecule has 1 aliphatic heterocycles. The minimum Gasteiger partial charge on any atom is -0.423 e. The number of fused-ring (bicyclic) bond motifs is 1. The summed E-state index contributed by atoms with van der Waals surface area (Å²) in [6.07, 6.45) is 1.24. The largest absolute Gasteiger partial charge is 0.423 e. The number of amides is 1. The first-order chi connectivity index (χ1) is 12.1. The molecule has 0 saturated carbocycles. The van der Waals surface area contributed by atoms with Crippen molar-refractivity contribution in [3.63, 3.8) is 0 Å². The highest BCUT2D eigenvalue weighted by molar-refractivity contribution is 5.97. The summed E-state index contributed by atoms with van der Waals surface area (Å²) in [5, 5.41) is 14.3. The van der Waals surface area contributed by atoms with Gasteiger partial charge in [-0.2, -0.15) is 5.10 Å². The van der Waals surface area contributed by atoms with Crippen molar-refractivity contribution >= 4 is 11.9 Å². The van der Waals surface area contributed by atoms with Crippen LogP contribution in [0.1, 0.15) is 27.9 Å². The Bertz CT molecular complexity index is 930. The summed E-state index contributed by atoms with van der Waals surface area (Å²) in [7, 11) is 0. The molecule has 9 nitrogen and oxygen atoms in total. The van der Waals surface area contributed by atoms with Gasteiger partial charge in [-0.3, -0.25) is 9.48 Å². The molecule has 0 spiro atoms. The van der Waals surface area contributed by atoms with Crippen LogP contribution in [0.2, 0.25) is 0 Å². The summed E-state index contributed by atoms with van der Waals surface area (Å²) in [5.74, 6) is -0.168. The fourth-order valence-electron chi connectivity index (χ4n) is 2.56. The van der Waals surface area contributed by atoms with Gasteiger partial charge in [0.2, 0.25) is 12.3 Å². The molecule has 1 N–H and O–H groups in total. The van der Waals surface area contributed by atoms with Gasteiger partial charge in [0.1, 0.15) is 11.4 Å². The lowest BCUT2D eigenvalue weighted by molar-refractivity contribution is 0.0726. The van der Waals surface area contributed by atoms with E-state index in [9.17, 15) is 9.59 Å². The standard InChI is InChI=1S/C16H13N5O4/c1-9-7-21-13(14(22)18-9)6-12(20-21)16(23)25-11-4-2-10(3-5-11)15-19-17-8-24-15/h2-6,8-9H,7H2,1H3,(H,18,22). The maximum atomic E-state index is 12.3. The molecule has 0 fully saturated rings. The molecule has 9 heteroatoms. The van der Waals surface area contributed by atoms with Gasteiger partial charge in [-0.1, -0.05) is 0 Å². The predicted molar refractivity (Wildman–Crippen MR) is 83.8 cm³/mol. The van der Waals surface area contributed by atoms with Crippen LogP contribution in [0.15, 0.2) is 41.1 Å². The van der Waals surface area contributed by atoms with E-state index in [4.69, 9.17) is 9.15 Å². The SMILES string of the molecule is CC1Cn2nc(C(=O)Oc3ccc(-c4nnco4)cc3)cc2C(=O)N1. The number of carbonyl (C=O) groups excluding carboxylic acids is 2. The molecular formula is C16H13N5O4. The third-order valence-electron chi connectivity index (χ3n) is 3.72. The number of benzene rings is 1. The van der Waals surface area contributed by atoms with Crippen molar-refractivity contribution in [3.8, 4) is 17.2 Å². The second-order valence-electron chi connectivity index (χ2n) is 5.63. The number of esters is 1. The topological polar surface area (TPSA) is 112 Å². The van der Waals surface area contributed by atoms with E-state index in [2.05, 4.69) is 20.6 Å². The summed E-state index contributed by atoms with van der Waals surface area (Å²) in [6, 6.07) is 8.01. The van der Waals surface area contributed by atoms with Crippen LogP contribution in [0.4, 0.5) is 0 Å². The summed E-state index contributed by atoms with van der Waals surface area (Å²) in [5.41, 5.74) is 1.14.